The molecule has 0 unspecified atom stereocenters. The van der Waals surface area contributed by atoms with E-state index in [9.17, 15) is 9.59 Å². The molecule has 1 aliphatic rings. The molecule has 1 aliphatic heterocycles. The Balaban J connectivity index is 1.45. The normalized spacial score (nSPS) is 16.7. The number of benzene rings is 3. The number of ether oxygens (including phenoxy) is 1. The molecule has 1 heterocycles. The van der Waals surface area contributed by atoms with E-state index in [0.29, 0.717) is 31.0 Å². The van der Waals surface area contributed by atoms with Crippen LogP contribution in [0.1, 0.15) is 18.9 Å². The quantitative estimate of drug-likeness (QED) is 0.538. The standard InChI is InChI=1S/C26H27N3O4/c1-2-33-28-21-15-24(29(17-21)25(30)18-32-22-12-4-3-5-13-22)26(31)27-16-20-11-8-10-19-9-6-7-14-23(19)20/h3-14,24H,2,15-18H2,1H3,(H,27,31)/t24-/m0/s1. The highest BCUT2D eigenvalue weighted by Crippen LogP contribution is 2.20. The fourth-order valence-corrected chi connectivity index (χ4v) is 3.91. The van der Waals surface area contributed by atoms with Gasteiger partial charge in [-0.05, 0) is 35.4 Å². The molecular weight excluding hydrogens is 418 g/mol. The van der Waals surface area contributed by atoms with Gasteiger partial charge in [-0.3, -0.25) is 9.59 Å². The third-order valence-corrected chi connectivity index (χ3v) is 5.54. The summed E-state index contributed by atoms with van der Waals surface area (Å²) in [6.07, 6.45) is 0.332. The number of carbonyl (C=O) groups is 2. The second-order valence-electron chi connectivity index (χ2n) is 7.77. The van der Waals surface area contributed by atoms with Crippen molar-refractivity contribution in [3.63, 3.8) is 0 Å². The van der Waals surface area contributed by atoms with Gasteiger partial charge < -0.3 is 19.8 Å². The van der Waals surface area contributed by atoms with E-state index in [2.05, 4.69) is 10.5 Å². The predicted octanol–water partition coefficient (Wildman–Crippen LogP) is 3.53. The molecule has 0 aliphatic carbocycles. The Morgan fingerprint density at radius 3 is 2.61 bits per heavy atom. The maximum absolute atomic E-state index is 13.1. The number of nitrogens with one attached hydrogen (secondary N) is 1. The first-order valence-corrected chi connectivity index (χ1v) is 11.0. The lowest BCUT2D eigenvalue weighted by Gasteiger charge is -2.23. The first-order valence-electron chi connectivity index (χ1n) is 11.0. The van der Waals surface area contributed by atoms with Crippen molar-refractivity contribution >= 4 is 28.3 Å². The first-order chi connectivity index (χ1) is 16.2. The highest BCUT2D eigenvalue weighted by Gasteiger charge is 2.38. The molecule has 0 saturated carbocycles. The summed E-state index contributed by atoms with van der Waals surface area (Å²) in [5.74, 6) is 0.105. The summed E-state index contributed by atoms with van der Waals surface area (Å²) in [6, 6.07) is 22.5. The number of fused-ring (bicyclic) bond motifs is 1. The van der Waals surface area contributed by atoms with Gasteiger partial charge in [0.25, 0.3) is 5.91 Å². The molecule has 1 N–H and O–H groups in total. The Morgan fingerprint density at radius 2 is 1.79 bits per heavy atom. The largest absolute Gasteiger partial charge is 0.484 e. The lowest BCUT2D eigenvalue weighted by molar-refractivity contribution is -0.139. The van der Waals surface area contributed by atoms with E-state index in [1.54, 1.807) is 12.1 Å². The third-order valence-electron chi connectivity index (χ3n) is 5.54. The molecule has 2 amide bonds. The summed E-state index contributed by atoms with van der Waals surface area (Å²) in [6.45, 7) is 2.72. The van der Waals surface area contributed by atoms with E-state index in [-0.39, 0.29) is 25.0 Å². The van der Waals surface area contributed by atoms with Crippen molar-refractivity contribution in [2.75, 3.05) is 19.8 Å². The number of rotatable bonds is 8. The zero-order valence-electron chi connectivity index (χ0n) is 18.6. The van der Waals surface area contributed by atoms with E-state index in [1.807, 2.05) is 67.6 Å². The van der Waals surface area contributed by atoms with E-state index < -0.39 is 6.04 Å². The van der Waals surface area contributed by atoms with Gasteiger partial charge in [0.1, 0.15) is 18.4 Å². The molecule has 1 atom stereocenters. The summed E-state index contributed by atoms with van der Waals surface area (Å²) < 4.78 is 5.61. The number of hydrogen-bond donors (Lipinski definition) is 1. The van der Waals surface area contributed by atoms with Gasteiger partial charge in [-0.25, -0.2) is 0 Å². The topological polar surface area (TPSA) is 80.2 Å². The summed E-state index contributed by atoms with van der Waals surface area (Å²) in [7, 11) is 0. The summed E-state index contributed by atoms with van der Waals surface area (Å²) in [5.41, 5.74) is 1.68. The van der Waals surface area contributed by atoms with Crippen molar-refractivity contribution in [3.05, 3.63) is 78.4 Å². The molecule has 0 spiro atoms. The van der Waals surface area contributed by atoms with Crippen LogP contribution in [0.4, 0.5) is 0 Å². The first kappa shape index (κ1) is 22.3. The second-order valence-corrected chi connectivity index (χ2v) is 7.77. The van der Waals surface area contributed by atoms with Crippen LogP contribution in [-0.2, 0) is 21.0 Å². The van der Waals surface area contributed by atoms with E-state index in [4.69, 9.17) is 9.57 Å². The molecule has 3 aromatic carbocycles. The Labute approximate surface area is 193 Å². The predicted molar refractivity (Wildman–Crippen MR) is 127 cm³/mol. The van der Waals surface area contributed by atoms with E-state index >= 15 is 0 Å². The lowest BCUT2D eigenvalue weighted by atomic mass is 10.0. The molecule has 1 fully saturated rings. The number of hydrogen-bond acceptors (Lipinski definition) is 5. The Bertz CT molecular complexity index is 1140. The minimum Gasteiger partial charge on any atom is -0.484 e. The smallest absolute Gasteiger partial charge is 0.261 e. The fourth-order valence-electron chi connectivity index (χ4n) is 3.91. The molecule has 33 heavy (non-hydrogen) atoms. The Kier molecular flexibility index (Phi) is 7.19. The maximum atomic E-state index is 13.1. The van der Waals surface area contributed by atoms with Crippen LogP contribution in [0.25, 0.3) is 10.8 Å². The number of oxime groups is 1. The van der Waals surface area contributed by atoms with Crippen LogP contribution in [-0.4, -0.2) is 48.2 Å². The van der Waals surface area contributed by atoms with Gasteiger partial charge in [0.2, 0.25) is 5.91 Å². The van der Waals surface area contributed by atoms with Crippen LogP contribution < -0.4 is 10.1 Å². The molecule has 4 rings (SSSR count). The number of nitrogens with zero attached hydrogens (tertiary/aromatic N) is 2. The minimum absolute atomic E-state index is 0.154. The van der Waals surface area contributed by atoms with Gasteiger partial charge in [0, 0.05) is 13.0 Å². The summed E-state index contributed by atoms with van der Waals surface area (Å²) in [5, 5.41) is 9.29. The number of amides is 2. The maximum Gasteiger partial charge on any atom is 0.261 e. The molecule has 0 radical (unpaired) electrons. The van der Waals surface area contributed by atoms with Gasteiger partial charge >= 0.3 is 0 Å². The molecular formula is C26H27N3O4. The molecule has 0 aromatic heterocycles. The van der Waals surface area contributed by atoms with Crippen molar-refractivity contribution in [2.45, 2.75) is 25.9 Å². The summed E-state index contributed by atoms with van der Waals surface area (Å²) in [4.78, 5) is 32.7. The van der Waals surface area contributed by atoms with Crippen molar-refractivity contribution in [2.24, 2.45) is 5.16 Å². The van der Waals surface area contributed by atoms with Gasteiger partial charge in [0.05, 0.1) is 12.3 Å². The molecule has 7 nitrogen and oxygen atoms in total. The molecule has 1 saturated heterocycles. The molecule has 0 bridgehead atoms. The average Bonchev–Trinajstić information content (AvgIpc) is 3.29. The van der Waals surface area contributed by atoms with Crippen LogP contribution in [0, 0.1) is 0 Å². The van der Waals surface area contributed by atoms with Gasteiger partial charge in [-0.2, -0.15) is 0 Å². The highest BCUT2D eigenvalue weighted by atomic mass is 16.6. The van der Waals surface area contributed by atoms with Crippen LogP contribution in [0.15, 0.2) is 78.0 Å². The second kappa shape index (κ2) is 10.6. The minimum atomic E-state index is -0.661. The number of likely N-dealkylation sites (tertiary alicyclic amines) is 1. The number of carbonyl (C=O) groups excluding carboxylic acids is 2. The van der Waals surface area contributed by atoms with Gasteiger partial charge in [0.15, 0.2) is 6.61 Å². The molecule has 3 aromatic rings. The van der Waals surface area contributed by atoms with Gasteiger partial charge in [-0.15, -0.1) is 0 Å². The molecule has 170 valence electrons. The van der Waals surface area contributed by atoms with Crippen LogP contribution >= 0.6 is 0 Å². The Hall–Kier alpha value is -3.87. The third kappa shape index (κ3) is 5.49. The van der Waals surface area contributed by atoms with Crippen LogP contribution in [0.3, 0.4) is 0 Å². The SMILES string of the molecule is CCON=C1C[C@@H](C(=O)NCc2cccc3ccccc23)N(C(=O)COc2ccccc2)C1. The van der Waals surface area contributed by atoms with Crippen molar-refractivity contribution < 1.29 is 19.2 Å². The van der Waals surface area contributed by atoms with E-state index in [0.717, 1.165) is 16.3 Å². The van der Waals surface area contributed by atoms with Crippen molar-refractivity contribution in [1.29, 1.82) is 0 Å². The number of para-hydroxylation sites is 1. The lowest BCUT2D eigenvalue weighted by Crippen LogP contribution is -2.47. The monoisotopic (exact) mass is 445 g/mol. The van der Waals surface area contributed by atoms with Crippen molar-refractivity contribution in [1.82, 2.24) is 10.2 Å². The average molecular weight is 446 g/mol. The van der Waals surface area contributed by atoms with Crippen LogP contribution in [0.5, 0.6) is 5.75 Å². The van der Waals surface area contributed by atoms with Gasteiger partial charge in [-0.1, -0.05) is 65.8 Å². The van der Waals surface area contributed by atoms with E-state index in [1.165, 1.54) is 4.90 Å². The van der Waals surface area contributed by atoms with Crippen LogP contribution in [0.2, 0.25) is 0 Å². The highest BCUT2D eigenvalue weighted by molar-refractivity contribution is 6.01. The zero-order chi connectivity index (χ0) is 23.0. The zero-order valence-corrected chi connectivity index (χ0v) is 18.6. The Morgan fingerprint density at radius 1 is 1.03 bits per heavy atom. The van der Waals surface area contributed by atoms with Crippen molar-refractivity contribution in [3.8, 4) is 5.75 Å². The summed E-state index contributed by atoms with van der Waals surface area (Å²) >= 11 is 0. The fraction of sp³-hybridized carbons (Fsp3) is 0.269. The molecule has 7 heteroatoms.